The van der Waals surface area contributed by atoms with Gasteiger partial charge in [0.2, 0.25) is 5.91 Å². The monoisotopic (exact) mass is 379 g/mol. The number of carbonyl (C=O) groups excluding carboxylic acids is 2. The number of methoxy groups -OCH3 is 2. The van der Waals surface area contributed by atoms with Crippen molar-refractivity contribution in [2.75, 3.05) is 25.7 Å². The highest BCUT2D eigenvalue weighted by molar-refractivity contribution is 6.06. The number of hydrogen-bond acceptors (Lipinski definition) is 5. The number of esters is 1. The van der Waals surface area contributed by atoms with Gasteiger partial charge in [-0.15, -0.1) is 0 Å². The Balaban J connectivity index is 1.81. The maximum Gasteiger partial charge on any atom is 0.336 e. The molecule has 0 aromatic heterocycles. The average Bonchev–Trinajstić information content (AvgIpc) is 3.08. The molecule has 2 aromatic carbocycles. The van der Waals surface area contributed by atoms with Crippen molar-refractivity contribution in [2.24, 2.45) is 0 Å². The van der Waals surface area contributed by atoms with Gasteiger partial charge in [0.05, 0.1) is 25.5 Å². The zero-order valence-corrected chi connectivity index (χ0v) is 16.0. The van der Waals surface area contributed by atoms with Gasteiger partial charge in [-0.3, -0.25) is 9.69 Å². The molecule has 4 rings (SSSR count). The van der Waals surface area contributed by atoms with Crippen LogP contribution in [0.15, 0.2) is 53.7 Å². The lowest BCUT2D eigenvalue weighted by Gasteiger charge is -2.32. The first-order valence-corrected chi connectivity index (χ1v) is 9.05. The Labute approximate surface area is 163 Å². The second-order valence-electron chi connectivity index (χ2n) is 6.88. The van der Waals surface area contributed by atoms with Gasteiger partial charge in [0.1, 0.15) is 6.61 Å². The lowest BCUT2D eigenvalue weighted by Crippen LogP contribution is -2.37. The van der Waals surface area contributed by atoms with Crippen molar-refractivity contribution in [3.05, 3.63) is 64.9 Å². The van der Waals surface area contributed by atoms with Crippen molar-refractivity contribution in [1.29, 1.82) is 0 Å². The molecule has 0 unspecified atom stereocenters. The zero-order chi connectivity index (χ0) is 19.8. The third kappa shape index (κ3) is 2.91. The van der Waals surface area contributed by atoms with Gasteiger partial charge in [0, 0.05) is 18.0 Å². The Morgan fingerprint density at radius 1 is 1.04 bits per heavy atom. The van der Waals surface area contributed by atoms with E-state index in [9.17, 15) is 9.59 Å². The molecular weight excluding hydrogens is 358 g/mol. The van der Waals surface area contributed by atoms with Crippen LogP contribution in [0.4, 0.5) is 5.69 Å². The number of aryl methyl sites for hydroxylation is 1. The van der Waals surface area contributed by atoms with Gasteiger partial charge in [-0.05, 0) is 42.3 Å². The molecular formula is C22H21NO5. The highest BCUT2D eigenvalue weighted by atomic mass is 16.5. The first-order valence-electron chi connectivity index (χ1n) is 9.05. The van der Waals surface area contributed by atoms with Crippen molar-refractivity contribution in [3.63, 3.8) is 0 Å². The van der Waals surface area contributed by atoms with Crippen LogP contribution >= 0.6 is 0 Å². The van der Waals surface area contributed by atoms with Crippen LogP contribution in [0.3, 0.4) is 0 Å². The van der Waals surface area contributed by atoms with Crippen LogP contribution < -0.4 is 14.4 Å². The van der Waals surface area contributed by atoms with Gasteiger partial charge in [-0.25, -0.2) is 4.79 Å². The number of cyclic esters (lactones) is 1. The molecule has 2 aliphatic rings. The van der Waals surface area contributed by atoms with Crippen LogP contribution in [0.2, 0.25) is 0 Å². The third-order valence-electron chi connectivity index (χ3n) is 5.19. The van der Waals surface area contributed by atoms with Gasteiger partial charge in [-0.2, -0.15) is 0 Å². The van der Waals surface area contributed by atoms with Crippen molar-refractivity contribution >= 4 is 17.6 Å². The van der Waals surface area contributed by atoms with Crippen LogP contribution in [-0.2, 0) is 14.3 Å². The molecule has 144 valence electrons. The van der Waals surface area contributed by atoms with Gasteiger partial charge in [0.25, 0.3) is 0 Å². The number of hydrogen-bond donors (Lipinski definition) is 0. The van der Waals surface area contributed by atoms with E-state index in [2.05, 4.69) is 0 Å². The molecule has 6 heteroatoms. The van der Waals surface area contributed by atoms with Crippen LogP contribution in [-0.4, -0.2) is 32.7 Å². The van der Waals surface area contributed by atoms with Crippen LogP contribution in [0.25, 0.3) is 0 Å². The van der Waals surface area contributed by atoms with Gasteiger partial charge < -0.3 is 14.2 Å². The SMILES string of the molecule is COc1ccc([C@H]2CC(=O)N(c3cccc(C)c3)C3=C2C(=O)OC3)cc1OC. The fraction of sp³-hybridized carbons (Fsp3) is 0.273. The first kappa shape index (κ1) is 18.1. The van der Waals surface area contributed by atoms with E-state index in [1.165, 1.54) is 0 Å². The average molecular weight is 379 g/mol. The Morgan fingerprint density at radius 3 is 2.54 bits per heavy atom. The Morgan fingerprint density at radius 2 is 1.82 bits per heavy atom. The van der Waals surface area contributed by atoms with Crippen LogP contribution in [0.5, 0.6) is 11.5 Å². The summed E-state index contributed by atoms with van der Waals surface area (Å²) in [6.07, 6.45) is 0.178. The van der Waals surface area contributed by atoms with Crippen molar-refractivity contribution in [2.45, 2.75) is 19.3 Å². The molecule has 2 heterocycles. The fourth-order valence-electron chi connectivity index (χ4n) is 3.88. The lowest BCUT2D eigenvalue weighted by atomic mass is 9.84. The third-order valence-corrected chi connectivity index (χ3v) is 5.19. The van der Waals surface area contributed by atoms with Gasteiger partial charge >= 0.3 is 5.97 Å². The Hall–Kier alpha value is -3.28. The van der Waals surface area contributed by atoms with E-state index in [1.807, 2.05) is 43.3 Å². The number of benzene rings is 2. The molecule has 2 aromatic rings. The van der Waals surface area contributed by atoms with Gasteiger partial charge in [-0.1, -0.05) is 18.2 Å². The second kappa shape index (κ2) is 7.03. The van der Waals surface area contributed by atoms with E-state index in [-0.39, 0.29) is 30.8 Å². The summed E-state index contributed by atoms with van der Waals surface area (Å²) in [7, 11) is 3.12. The highest BCUT2D eigenvalue weighted by Crippen LogP contribution is 2.43. The molecule has 1 atom stereocenters. The number of rotatable bonds is 4. The summed E-state index contributed by atoms with van der Waals surface area (Å²) >= 11 is 0. The molecule has 0 aliphatic carbocycles. The van der Waals surface area contributed by atoms with Crippen molar-refractivity contribution in [1.82, 2.24) is 0 Å². The Kier molecular flexibility index (Phi) is 4.55. The smallest absolute Gasteiger partial charge is 0.336 e. The minimum atomic E-state index is -0.377. The van der Waals surface area contributed by atoms with E-state index in [0.29, 0.717) is 22.8 Å². The fourth-order valence-corrected chi connectivity index (χ4v) is 3.88. The van der Waals surface area contributed by atoms with Crippen molar-refractivity contribution < 1.29 is 23.8 Å². The molecule has 28 heavy (non-hydrogen) atoms. The number of carbonyl (C=O) groups is 2. The summed E-state index contributed by atoms with van der Waals surface area (Å²) in [5.41, 5.74) is 3.77. The highest BCUT2D eigenvalue weighted by Gasteiger charge is 2.43. The first-order chi connectivity index (χ1) is 13.5. The Bertz CT molecular complexity index is 994. The second-order valence-corrected chi connectivity index (χ2v) is 6.88. The van der Waals surface area contributed by atoms with E-state index >= 15 is 0 Å². The molecule has 6 nitrogen and oxygen atoms in total. The molecule has 0 fully saturated rings. The normalized spacial score (nSPS) is 18.8. The standard InChI is InChI=1S/C22H21NO5/c1-13-5-4-6-15(9-13)23-17-12-28-22(25)21(17)16(11-20(23)24)14-7-8-18(26-2)19(10-14)27-3/h4-10,16H,11-12H2,1-3H3/t16-/m1/s1. The maximum atomic E-state index is 13.1. The maximum absolute atomic E-state index is 13.1. The predicted octanol–water partition coefficient (Wildman–Crippen LogP) is 3.34. The summed E-state index contributed by atoms with van der Waals surface area (Å²) in [6, 6.07) is 13.1. The summed E-state index contributed by atoms with van der Waals surface area (Å²) < 4.78 is 16.0. The van der Waals surface area contributed by atoms with E-state index in [0.717, 1.165) is 16.8 Å². The van der Waals surface area contributed by atoms with E-state index in [4.69, 9.17) is 14.2 Å². The molecule has 1 amide bonds. The quantitative estimate of drug-likeness (QED) is 0.763. The molecule has 0 saturated carbocycles. The predicted molar refractivity (Wildman–Crippen MR) is 104 cm³/mol. The summed E-state index contributed by atoms with van der Waals surface area (Å²) in [6.45, 7) is 2.06. The van der Waals surface area contributed by atoms with Crippen LogP contribution in [0.1, 0.15) is 23.5 Å². The number of ether oxygens (including phenoxy) is 3. The van der Waals surface area contributed by atoms with E-state index in [1.54, 1.807) is 25.2 Å². The minimum absolute atomic E-state index is 0.0672. The molecule has 0 bridgehead atoms. The molecule has 0 radical (unpaired) electrons. The molecule has 2 aliphatic heterocycles. The number of amides is 1. The summed E-state index contributed by atoms with van der Waals surface area (Å²) in [5.74, 6) is 0.334. The number of anilines is 1. The molecule has 0 spiro atoms. The zero-order valence-electron chi connectivity index (χ0n) is 16.0. The topological polar surface area (TPSA) is 65.1 Å². The lowest BCUT2D eigenvalue weighted by molar-refractivity contribution is -0.136. The molecule has 0 N–H and O–H groups in total. The molecule has 0 saturated heterocycles. The van der Waals surface area contributed by atoms with Crippen LogP contribution in [0, 0.1) is 6.92 Å². The van der Waals surface area contributed by atoms with E-state index < -0.39 is 0 Å². The van der Waals surface area contributed by atoms with Crippen molar-refractivity contribution in [3.8, 4) is 11.5 Å². The number of nitrogens with zero attached hydrogens (tertiary/aromatic N) is 1. The minimum Gasteiger partial charge on any atom is -0.493 e. The van der Waals surface area contributed by atoms with Gasteiger partial charge in [0.15, 0.2) is 11.5 Å². The summed E-state index contributed by atoms with van der Waals surface area (Å²) in [4.78, 5) is 27.2. The largest absolute Gasteiger partial charge is 0.493 e. The summed E-state index contributed by atoms with van der Waals surface area (Å²) in [5, 5.41) is 0.